The Labute approximate surface area is 167 Å². The van der Waals surface area contributed by atoms with Gasteiger partial charge in [0, 0.05) is 45.6 Å². The highest BCUT2D eigenvalue weighted by Gasteiger charge is 2.28. The van der Waals surface area contributed by atoms with Gasteiger partial charge in [-0.25, -0.2) is 4.98 Å². The number of piperidine rings is 1. The molecule has 0 spiro atoms. The van der Waals surface area contributed by atoms with Crippen LogP contribution in [0.2, 0.25) is 0 Å². The van der Waals surface area contributed by atoms with Crippen LogP contribution in [0.1, 0.15) is 24.8 Å². The van der Waals surface area contributed by atoms with Gasteiger partial charge in [-0.1, -0.05) is 37.3 Å². The van der Waals surface area contributed by atoms with Gasteiger partial charge in [-0.05, 0) is 23.8 Å². The van der Waals surface area contributed by atoms with Gasteiger partial charge in [0.25, 0.3) is 0 Å². The lowest BCUT2D eigenvalue weighted by Gasteiger charge is -2.39. The number of likely N-dealkylation sites (tertiary alicyclic amines) is 1. The van der Waals surface area contributed by atoms with E-state index in [1.807, 2.05) is 25.8 Å². The Bertz CT molecular complexity index is 641. The van der Waals surface area contributed by atoms with E-state index in [4.69, 9.17) is 0 Å². The molecule has 2 heterocycles. The van der Waals surface area contributed by atoms with E-state index in [0.717, 1.165) is 32.1 Å². The molecule has 25 heavy (non-hydrogen) atoms. The molecule has 1 saturated heterocycles. The van der Waals surface area contributed by atoms with Crippen LogP contribution in [0.25, 0.3) is 0 Å². The van der Waals surface area contributed by atoms with Crippen molar-refractivity contribution in [2.45, 2.75) is 25.8 Å². The monoisotopic (exact) mass is 453 g/mol. The summed E-state index contributed by atoms with van der Waals surface area (Å²) in [6, 6.07) is 10.9. The van der Waals surface area contributed by atoms with E-state index in [9.17, 15) is 0 Å². The lowest BCUT2D eigenvalue weighted by Crippen LogP contribution is -2.48. The zero-order valence-corrected chi connectivity index (χ0v) is 17.3. The number of imidazole rings is 1. The summed E-state index contributed by atoms with van der Waals surface area (Å²) in [4.78, 5) is 10.9. The molecule has 1 fully saturated rings. The quantitative estimate of drug-likeness (QED) is 0.440. The number of aromatic nitrogens is 2. The normalized spacial score (nSPS) is 20.9. The molecule has 0 bridgehead atoms. The molecule has 6 heteroatoms. The summed E-state index contributed by atoms with van der Waals surface area (Å²) >= 11 is 0. The van der Waals surface area contributed by atoms with Crippen LogP contribution < -0.4 is 5.32 Å². The van der Waals surface area contributed by atoms with E-state index in [1.54, 1.807) is 0 Å². The summed E-state index contributed by atoms with van der Waals surface area (Å²) in [7, 11) is 1.87. The van der Waals surface area contributed by atoms with E-state index >= 15 is 0 Å². The average molecular weight is 453 g/mol. The molecule has 2 aromatic rings. The van der Waals surface area contributed by atoms with Crippen molar-refractivity contribution in [1.29, 1.82) is 0 Å². The first-order valence-corrected chi connectivity index (χ1v) is 8.74. The standard InChI is InChI=1S/C19H27N5.HI/c1-16-14-24(11-8-18(16)17-6-4-3-5-7-17)19(20-2)22-10-13-23-12-9-21-15-23;/h3-7,9,12,15-16,18H,8,10-11,13-14H2,1-2H3,(H,20,22);1H. The van der Waals surface area contributed by atoms with Crippen molar-refractivity contribution >= 4 is 29.9 Å². The Morgan fingerprint density at radius 3 is 2.76 bits per heavy atom. The van der Waals surface area contributed by atoms with Gasteiger partial charge in [0.15, 0.2) is 5.96 Å². The molecule has 1 aliphatic heterocycles. The first-order valence-electron chi connectivity index (χ1n) is 8.74. The number of rotatable bonds is 4. The maximum atomic E-state index is 4.47. The molecule has 0 aliphatic carbocycles. The van der Waals surface area contributed by atoms with Gasteiger partial charge in [-0.15, -0.1) is 24.0 Å². The average Bonchev–Trinajstić information content (AvgIpc) is 3.13. The van der Waals surface area contributed by atoms with E-state index in [1.165, 1.54) is 12.0 Å². The molecule has 2 atom stereocenters. The van der Waals surface area contributed by atoms with Gasteiger partial charge in [-0.3, -0.25) is 4.99 Å². The summed E-state index contributed by atoms with van der Waals surface area (Å²) in [5.41, 5.74) is 1.47. The largest absolute Gasteiger partial charge is 0.354 e. The number of hydrogen-bond donors (Lipinski definition) is 1. The smallest absolute Gasteiger partial charge is 0.193 e. The molecule has 0 saturated carbocycles. The minimum Gasteiger partial charge on any atom is -0.354 e. The van der Waals surface area contributed by atoms with Gasteiger partial charge in [-0.2, -0.15) is 0 Å². The number of halogens is 1. The highest BCUT2D eigenvalue weighted by Crippen LogP contribution is 2.32. The predicted molar refractivity (Wildman–Crippen MR) is 114 cm³/mol. The molecule has 0 radical (unpaired) electrons. The lowest BCUT2D eigenvalue weighted by atomic mass is 9.82. The van der Waals surface area contributed by atoms with E-state index in [0.29, 0.717) is 11.8 Å². The number of benzene rings is 1. The number of nitrogens with one attached hydrogen (secondary N) is 1. The Kier molecular flexibility index (Phi) is 7.74. The number of guanidine groups is 1. The minimum atomic E-state index is 0. The fraction of sp³-hybridized carbons (Fsp3) is 0.474. The first-order chi connectivity index (χ1) is 11.8. The molecule has 3 rings (SSSR count). The van der Waals surface area contributed by atoms with Crippen LogP contribution in [0.15, 0.2) is 54.0 Å². The SMILES string of the molecule is CN=C(NCCn1ccnc1)N1CCC(c2ccccc2)C(C)C1.I. The molecular weight excluding hydrogens is 425 g/mol. The van der Waals surface area contributed by atoms with Crippen molar-refractivity contribution in [3.8, 4) is 0 Å². The maximum absolute atomic E-state index is 4.47. The van der Waals surface area contributed by atoms with Crippen LogP contribution in [0.3, 0.4) is 0 Å². The van der Waals surface area contributed by atoms with E-state index in [2.05, 4.69) is 62.0 Å². The second-order valence-corrected chi connectivity index (χ2v) is 6.50. The van der Waals surface area contributed by atoms with Crippen molar-refractivity contribution in [3.63, 3.8) is 0 Å². The molecule has 5 nitrogen and oxygen atoms in total. The number of nitrogens with zero attached hydrogens (tertiary/aromatic N) is 4. The van der Waals surface area contributed by atoms with Gasteiger partial charge in [0.2, 0.25) is 0 Å². The zero-order valence-electron chi connectivity index (χ0n) is 15.0. The van der Waals surface area contributed by atoms with Crippen molar-refractivity contribution in [1.82, 2.24) is 19.8 Å². The summed E-state index contributed by atoms with van der Waals surface area (Å²) < 4.78 is 2.07. The van der Waals surface area contributed by atoms with E-state index < -0.39 is 0 Å². The molecule has 136 valence electrons. The Morgan fingerprint density at radius 1 is 1.32 bits per heavy atom. The molecule has 2 unspecified atom stereocenters. The Hall–Kier alpha value is -1.57. The molecule has 1 aromatic carbocycles. The number of hydrogen-bond acceptors (Lipinski definition) is 2. The third-order valence-corrected chi connectivity index (χ3v) is 4.86. The summed E-state index contributed by atoms with van der Waals surface area (Å²) in [5, 5.41) is 3.48. The second kappa shape index (κ2) is 9.79. The second-order valence-electron chi connectivity index (χ2n) is 6.50. The molecule has 0 amide bonds. The van der Waals surface area contributed by atoms with Gasteiger partial charge in [0.1, 0.15) is 0 Å². The van der Waals surface area contributed by atoms with Crippen LogP contribution in [-0.4, -0.2) is 47.1 Å². The van der Waals surface area contributed by atoms with Crippen LogP contribution in [0.4, 0.5) is 0 Å². The minimum absolute atomic E-state index is 0. The third kappa shape index (κ3) is 5.20. The number of aliphatic imine (C=N–C) groups is 1. The molecule has 1 aliphatic rings. The van der Waals surface area contributed by atoms with Gasteiger partial charge >= 0.3 is 0 Å². The third-order valence-electron chi connectivity index (χ3n) is 4.86. The Balaban J connectivity index is 0.00000225. The zero-order chi connectivity index (χ0) is 16.8. The molecule has 1 aromatic heterocycles. The maximum Gasteiger partial charge on any atom is 0.193 e. The van der Waals surface area contributed by atoms with Crippen molar-refractivity contribution in [2.24, 2.45) is 10.9 Å². The molecular formula is C19H28IN5. The van der Waals surface area contributed by atoms with Crippen LogP contribution in [0.5, 0.6) is 0 Å². The summed E-state index contributed by atoms with van der Waals surface area (Å²) in [5.74, 6) is 2.27. The topological polar surface area (TPSA) is 45.5 Å². The van der Waals surface area contributed by atoms with Crippen LogP contribution in [-0.2, 0) is 6.54 Å². The van der Waals surface area contributed by atoms with E-state index in [-0.39, 0.29) is 24.0 Å². The van der Waals surface area contributed by atoms with Crippen LogP contribution in [0, 0.1) is 5.92 Å². The Morgan fingerprint density at radius 2 is 2.12 bits per heavy atom. The lowest BCUT2D eigenvalue weighted by molar-refractivity contribution is 0.234. The first kappa shape index (κ1) is 19.8. The van der Waals surface area contributed by atoms with Crippen molar-refractivity contribution < 1.29 is 0 Å². The fourth-order valence-electron chi connectivity index (χ4n) is 3.58. The van der Waals surface area contributed by atoms with Gasteiger partial charge < -0.3 is 14.8 Å². The highest BCUT2D eigenvalue weighted by molar-refractivity contribution is 14.0. The van der Waals surface area contributed by atoms with Crippen LogP contribution >= 0.6 is 24.0 Å². The fourth-order valence-corrected chi connectivity index (χ4v) is 3.58. The van der Waals surface area contributed by atoms with Gasteiger partial charge in [0.05, 0.1) is 6.33 Å². The highest BCUT2D eigenvalue weighted by atomic mass is 127. The van der Waals surface area contributed by atoms with Crippen molar-refractivity contribution in [3.05, 3.63) is 54.6 Å². The summed E-state index contributed by atoms with van der Waals surface area (Å²) in [6.45, 7) is 6.20. The molecule has 1 N–H and O–H groups in total. The predicted octanol–water partition coefficient (Wildman–Crippen LogP) is 3.20. The summed E-state index contributed by atoms with van der Waals surface area (Å²) in [6.07, 6.45) is 6.81. The van der Waals surface area contributed by atoms with Crippen molar-refractivity contribution in [2.75, 3.05) is 26.7 Å².